The molecule has 1 aromatic heterocycles. The molecule has 0 aliphatic carbocycles. The van der Waals surface area contributed by atoms with E-state index in [9.17, 15) is 4.79 Å². The summed E-state index contributed by atoms with van der Waals surface area (Å²) in [6, 6.07) is 2.03. The lowest BCUT2D eigenvalue weighted by Crippen LogP contribution is -2.30. The van der Waals surface area contributed by atoms with E-state index in [1.54, 1.807) is 12.3 Å². The lowest BCUT2D eigenvalue weighted by molar-refractivity contribution is 0.0642. The van der Waals surface area contributed by atoms with Gasteiger partial charge in [-0.25, -0.2) is 0 Å². The Bertz CT molecular complexity index is 375. The third kappa shape index (κ3) is 3.01. The molecule has 0 unspecified atom stereocenters. The number of rotatable bonds is 4. The van der Waals surface area contributed by atoms with Gasteiger partial charge in [-0.05, 0) is 18.9 Å². The maximum absolute atomic E-state index is 11.9. The Labute approximate surface area is 106 Å². The van der Waals surface area contributed by atoms with Gasteiger partial charge in [0.05, 0.1) is 6.04 Å². The molecule has 0 aromatic carbocycles. The number of hydrogen-bond donors (Lipinski definition) is 2. The van der Waals surface area contributed by atoms with Crippen molar-refractivity contribution in [2.24, 2.45) is 0 Å². The van der Waals surface area contributed by atoms with Crippen molar-refractivity contribution in [1.29, 1.82) is 0 Å². The number of ether oxygens (including phenoxy) is 1. The van der Waals surface area contributed by atoms with Crippen LogP contribution in [0.3, 0.4) is 0 Å². The monoisotopic (exact) mass is 255 g/mol. The van der Waals surface area contributed by atoms with E-state index in [0.717, 1.165) is 26.1 Å². The number of nitrogens with one attached hydrogen (secondary N) is 1. The highest BCUT2D eigenvalue weighted by atomic mass is 32.1. The molecule has 1 aliphatic heterocycles. The Kier molecular flexibility index (Phi) is 4.44. The highest BCUT2D eigenvalue weighted by Crippen LogP contribution is 2.21. The van der Waals surface area contributed by atoms with Crippen LogP contribution in [0.4, 0.5) is 0 Å². The Hall–Kier alpha value is -1.01. The second-order valence-corrected chi connectivity index (χ2v) is 4.43. The third-order valence-electron chi connectivity index (χ3n) is 2.84. The number of nitrogens with zero attached hydrogens (tertiary/aromatic N) is 2. The van der Waals surface area contributed by atoms with Crippen LogP contribution in [0.15, 0.2) is 12.3 Å². The Balaban J connectivity index is 2.07. The smallest absolute Gasteiger partial charge is 0.269 e. The Morgan fingerprint density at radius 2 is 2.35 bits per heavy atom. The van der Waals surface area contributed by atoms with Crippen LogP contribution in [0.2, 0.25) is 0 Å². The van der Waals surface area contributed by atoms with E-state index in [-0.39, 0.29) is 11.9 Å². The molecule has 94 valence electrons. The summed E-state index contributed by atoms with van der Waals surface area (Å²) in [5.74, 6) is 0.556. The molecule has 0 radical (unpaired) electrons. The normalized spacial score (nSPS) is 17.0. The third-order valence-corrected chi connectivity index (χ3v) is 3.06. The molecular weight excluding hydrogens is 238 g/mol. The Morgan fingerprint density at radius 3 is 3.06 bits per heavy atom. The van der Waals surface area contributed by atoms with Gasteiger partial charge >= 0.3 is 0 Å². The fourth-order valence-electron chi connectivity index (χ4n) is 1.97. The van der Waals surface area contributed by atoms with Gasteiger partial charge in [-0.1, -0.05) is 0 Å². The van der Waals surface area contributed by atoms with E-state index >= 15 is 0 Å². The molecule has 0 bridgehead atoms. The summed E-state index contributed by atoms with van der Waals surface area (Å²) in [5.41, 5.74) is 0.624. The van der Waals surface area contributed by atoms with E-state index < -0.39 is 0 Å². The first-order valence-electron chi connectivity index (χ1n) is 5.83. The van der Waals surface area contributed by atoms with E-state index in [0.29, 0.717) is 18.0 Å². The zero-order valence-electron chi connectivity index (χ0n) is 9.63. The average molecular weight is 255 g/mol. The average Bonchev–Trinajstić information content (AvgIpc) is 2.86. The highest BCUT2D eigenvalue weighted by molar-refractivity contribution is 7.80. The molecule has 1 amide bonds. The SMILES string of the molecule is O=C(NCCS)c1ccnn1C1CCOCC1. The summed E-state index contributed by atoms with van der Waals surface area (Å²) in [6.07, 6.45) is 3.49. The van der Waals surface area contributed by atoms with Crippen LogP contribution in [-0.4, -0.2) is 41.2 Å². The van der Waals surface area contributed by atoms with Gasteiger partial charge in [0, 0.05) is 31.7 Å². The Morgan fingerprint density at radius 1 is 1.59 bits per heavy atom. The topological polar surface area (TPSA) is 56.2 Å². The van der Waals surface area contributed by atoms with Crippen LogP contribution in [-0.2, 0) is 4.74 Å². The van der Waals surface area contributed by atoms with Gasteiger partial charge in [0.1, 0.15) is 5.69 Å². The number of hydrogen-bond acceptors (Lipinski definition) is 4. The van der Waals surface area contributed by atoms with Crippen molar-refractivity contribution < 1.29 is 9.53 Å². The second-order valence-electron chi connectivity index (χ2n) is 3.98. The molecule has 1 N–H and O–H groups in total. The molecule has 2 rings (SSSR count). The molecule has 17 heavy (non-hydrogen) atoms. The maximum atomic E-state index is 11.9. The summed E-state index contributed by atoms with van der Waals surface area (Å²) in [4.78, 5) is 11.9. The lowest BCUT2D eigenvalue weighted by atomic mass is 10.1. The van der Waals surface area contributed by atoms with Crippen LogP contribution < -0.4 is 5.32 Å². The van der Waals surface area contributed by atoms with Crippen molar-refractivity contribution in [3.8, 4) is 0 Å². The first kappa shape index (κ1) is 12.4. The van der Waals surface area contributed by atoms with Crippen molar-refractivity contribution in [2.75, 3.05) is 25.5 Å². The lowest BCUT2D eigenvalue weighted by Gasteiger charge is -2.23. The van der Waals surface area contributed by atoms with Crippen molar-refractivity contribution in [3.63, 3.8) is 0 Å². The minimum atomic E-state index is -0.0805. The summed E-state index contributed by atoms with van der Waals surface area (Å²) in [5, 5.41) is 7.06. The molecule has 1 aliphatic rings. The zero-order valence-corrected chi connectivity index (χ0v) is 10.5. The number of amides is 1. The second kappa shape index (κ2) is 6.07. The molecule has 1 aromatic rings. The predicted octanol–water partition coefficient (Wildman–Crippen LogP) is 0.894. The van der Waals surface area contributed by atoms with Crippen LogP contribution in [0.1, 0.15) is 29.4 Å². The van der Waals surface area contributed by atoms with Gasteiger partial charge in [-0.15, -0.1) is 0 Å². The van der Waals surface area contributed by atoms with Crippen molar-refractivity contribution in [1.82, 2.24) is 15.1 Å². The predicted molar refractivity (Wildman–Crippen MR) is 67.5 cm³/mol. The van der Waals surface area contributed by atoms with E-state index in [1.807, 2.05) is 4.68 Å². The van der Waals surface area contributed by atoms with Gasteiger partial charge < -0.3 is 10.1 Å². The van der Waals surface area contributed by atoms with Gasteiger partial charge in [-0.2, -0.15) is 17.7 Å². The summed E-state index contributed by atoms with van der Waals surface area (Å²) in [6.45, 7) is 2.05. The minimum Gasteiger partial charge on any atom is -0.381 e. The zero-order chi connectivity index (χ0) is 12.1. The van der Waals surface area contributed by atoms with Crippen LogP contribution in [0.25, 0.3) is 0 Å². The molecule has 5 nitrogen and oxygen atoms in total. The van der Waals surface area contributed by atoms with Crippen molar-refractivity contribution in [3.05, 3.63) is 18.0 Å². The van der Waals surface area contributed by atoms with E-state index in [1.165, 1.54) is 0 Å². The van der Waals surface area contributed by atoms with Crippen LogP contribution >= 0.6 is 12.6 Å². The highest BCUT2D eigenvalue weighted by Gasteiger charge is 2.21. The summed E-state index contributed by atoms with van der Waals surface area (Å²) < 4.78 is 7.13. The molecule has 1 saturated heterocycles. The number of carbonyl (C=O) groups is 1. The molecule has 6 heteroatoms. The van der Waals surface area contributed by atoms with Gasteiger partial charge in [0.25, 0.3) is 5.91 Å². The molecule has 0 atom stereocenters. The number of aromatic nitrogens is 2. The first-order chi connectivity index (χ1) is 8.33. The quantitative estimate of drug-likeness (QED) is 0.786. The maximum Gasteiger partial charge on any atom is 0.269 e. The number of thiol groups is 1. The van der Waals surface area contributed by atoms with Crippen molar-refractivity contribution in [2.45, 2.75) is 18.9 Å². The molecule has 1 fully saturated rings. The fraction of sp³-hybridized carbons (Fsp3) is 0.636. The van der Waals surface area contributed by atoms with Crippen molar-refractivity contribution >= 4 is 18.5 Å². The first-order valence-corrected chi connectivity index (χ1v) is 6.46. The fourth-order valence-corrected chi connectivity index (χ4v) is 2.09. The summed E-state index contributed by atoms with van der Waals surface area (Å²) >= 11 is 4.07. The molecule has 0 saturated carbocycles. The number of carbonyl (C=O) groups excluding carboxylic acids is 1. The molecule has 2 heterocycles. The summed E-state index contributed by atoms with van der Waals surface area (Å²) in [7, 11) is 0. The van der Waals surface area contributed by atoms with Crippen LogP contribution in [0.5, 0.6) is 0 Å². The van der Waals surface area contributed by atoms with Gasteiger partial charge in [-0.3, -0.25) is 9.48 Å². The van der Waals surface area contributed by atoms with Crippen LogP contribution in [0, 0.1) is 0 Å². The standard InChI is InChI=1S/C11H17N3O2S/c15-11(12-5-8-17)10-1-4-13-14(10)9-2-6-16-7-3-9/h1,4,9,17H,2-3,5-8H2,(H,12,15). The van der Waals surface area contributed by atoms with Gasteiger partial charge in [0.15, 0.2) is 0 Å². The largest absolute Gasteiger partial charge is 0.381 e. The van der Waals surface area contributed by atoms with E-state index in [2.05, 4.69) is 23.0 Å². The molecule has 0 spiro atoms. The minimum absolute atomic E-state index is 0.0805. The van der Waals surface area contributed by atoms with Gasteiger partial charge in [0.2, 0.25) is 0 Å². The van der Waals surface area contributed by atoms with E-state index in [4.69, 9.17) is 4.74 Å². The molecular formula is C11H17N3O2S.